The maximum Gasteiger partial charge on any atom is 0.333 e. The van der Waals surface area contributed by atoms with Crippen molar-refractivity contribution in [2.45, 2.75) is 50.6 Å². The molecule has 1 aromatic carbocycles. The summed E-state index contributed by atoms with van der Waals surface area (Å²) in [5.74, 6) is 0.293. The minimum atomic E-state index is -0.428. The number of carbonyl (C=O) groups excluding carboxylic acids is 3. The van der Waals surface area contributed by atoms with E-state index < -0.39 is 12.1 Å². The quantitative estimate of drug-likeness (QED) is 0.556. The third kappa shape index (κ3) is 4.74. The van der Waals surface area contributed by atoms with Crippen LogP contribution in [0.2, 0.25) is 0 Å². The van der Waals surface area contributed by atoms with E-state index in [-0.39, 0.29) is 29.6 Å². The molecule has 6 rings (SSSR count). The summed E-state index contributed by atoms with van der Waals surface area (Å²) in [5, 5.41) is 13.6. The Balaban J connectivity index is 1.13. The summed E-state index contributed by atoms with van der Waals surface area (Å²) in [6.45, 7) is 3.67. The van der Waals surface area contributed by atoms with Crippen LogP contribution in [0.15, 0.2) is 39.7 Å². The average Bonchev–Trinajstić information content (AvgIpc) is 3.49. The number of amides is 3. The number of morpholine rings is 1. The summed E-state index contributed by atoms with van der Waals surface area (Å²) >= 11 is 0. The highest BCUT2D eigenvalue weighted by atomic mass is 16.5. The second kappa shape index (κ2) is 10.5. The van der Waals surface area contributed by atoms with Gasteiger partial charge in [-0.1, -0.05) is 12.1 Å². The molecule has 11 nitrogen and oxygen atoms in total. The van der Waals surface area contributed by atoms with Gasteiger partial charge in [0.05, 0.1) is 35.7 Å². The lowest BCUT2D eigenvalue weighted by atomic mass is 9.84. The Labute approximate surface area is 221 Å². The van der Waals surface area contributed by atoms with Crippen molar-refractivity contribution in [1.29, 1.82) is 0 Å². The maximum atomic E-state index is 13.7. The van der Waals surface area contributed by atoms with Gasteiger partial charge < -0.3 is 20.7 Å². The molecule has 0 aromatic heterocycles. The van der Waals surface area contributed by atoms with E-state index in [0.29, 0.717) is 56.2 Å². The summed E-state index contributed by atoms with van der Waals surface area (Å²) in [6.07, 6.45) is 5.11. The predicted octanol–water partition coefficient (Wildman–Crippen LogP) is 2.77. The molecule has 4 N–H and O–H groups in total. The van der Waals surface area contributed by atoms with Gasteiger partial charge in [-0.15, -0.1) is 0 Å². The van der Waals surface area contributed by atoms with E-state index in [4.69, 9.17) is 10.5 Å². The molecule has 1 aromatic rings. The highest BCUT2D eigenvalue weighted by Crippen LogP contribution is 2.49. The number of piperidine rings is 1. The molecule has 1 atom stereocenters. The number of hydrogen-bond acceptors (Lipinski definition) is 8. The van der Waals surface area contributed by atoms with Crippen molar-refractivity contribution in [3.05, 3.63) is 40.6 Å². The highest BCUT2D eigenvalue weighted by Gasteiger charge is 2.44. The second-order valence-electron chi connectivity index (χ2n) is 10.9. The Morgan fingerprint density at radius 1 is 1.00 bits per heavy atom. The fourth-order valence-corrected chi connectivity index (χ4v) is 6.39. The van der Waals surface area contributed by atoms with E-state index in [1.165, 1.54) is 0 Å². The van der Waals surface area contributed by atoms with Crippen LogP contribution in [0.3, 0.4) is 0 Å². The van der Waals surface area contributed by atoms with Crippen molar-refractivity contribution in [2.24, 2.45) is 27.8 Å². The van der Waals surface area contributed by atoms with Crippen molar-refractivity contribution in [1.82, 2.24) is 15.3 Å². The van der Waals surface area contributed by atoms with Crippen LogP contribution in [0.4, 0.5) is 10.5 Å². The van der Waals surface area contributed by atoms with Crippen LogP contribution in [0.5, 0.6) is 0 Å². The average molecular weight is 522 g/mol. The number of likely N-dealkylation sites (tertiary alicyclic amines) is 1. The number of allylic oxidation sites excluding steroid dienone is 1. The number of ketones is 1. The molecule has 0 radical (unpaired) electrons. The topological polar surface area (TPSA) is 142 Å². The van der Waals surface area contributed by atoms with E-state index in [1.54, 1.807) is 11.1 Å². The SMILES string of the molecule is NC1CCC(C(=O)N2CCC(C3=C4C(=O)c5c(NC(=O)NN6CCOCC6)cccc5C4N=N3)CC2)CC1. The summed E-state index contributed by atoms with van der Waals surface area (Å²) in [4.78, 5) is 41.4. The van der Waals surface area contributed by atoms with Gasteiger partial charge in [0.25, 0.3) is 0 Å². The Kier molecular flexibility index (Phi) is 6.98. The van der Waals surface area contributed by atoms with Crippen molar-refractivity contribution in [2.75, 3.05) is 44.7 Å². The predicted molar refractivity (Wildman–Crippen MR) is 139 cm³/mol. The molecule has 0 spiro atoms. The monoisotopic (exact) mass is 521 g/mol. The first-order valence-electron chi connectivity index (χ1n) is 13.8. The van der Waals surface area contributed by atoms with Gasteiger partial charge in [0, 0.05) is 44.1 Å². The zero-order chi connectivity index (χ0) is 26.2. The number of ether oxygens (including phenoxy) is 1. The van der Waals surface area contributed by atoms with Crippen molar-refractivity contribution < 1.29 is 19.1 Å². The van der Waals surface area contributed by atoms with Crippen molar-refractivity contribution >= 4 is 23.4 Å². The summed E-state index contributed by atoms with van der Waals surface area (Å²) in [5.41, 5.74) is 11.9. The van der Waals surface area contributed by atoms with Gasteiger partial charge in [-0.25, -0.2) is 9.80 Å². The summed E-state index contributed by atoms with van der Waals surface area (Å²) in [7, 11) is 0. The molecule has 3 amide bonds. The van der Waals surface area contributed by atoms with Gasteiger partial charge in [-0.2, -0.15) is 10.2 Å². The highest BCUT2D eigenvalue weighted by molar-refractivity contribution is 6.19. The molecule has 3 heterocycles. The normalized spacial score (nSPS) is 27.9. The minimum Gasteiger partial charge on any atom is -0.379 e. The number of nitrogens with two attached hydrogens (primary N) is 1. The lowest BCUT2D eigenvalue weighted by molar-refractivity contribution is -0.137. The van der Waals surface area contributed by atoms with E-state index in [9.17, 15) is 14.4 Å². The largest absolute Gasteiger partial charge is 0.379 e. The molecule has 0 bridgehead atoms. The number of benzene rings is 1. The third-order valence-corrected chi connectivity index (χ3v) is 8.53. The number of anilines is 1. The lowest BCUT2D eigenvalue weighted by Crippen LogP contribution is -2.49. The number of fused-ring (bicyclic) bond motifs is 3. The molecule has 3 fully saturated rings. The fourth-order valence-electron chi connectivity index (χ4n) is 6.39. The number of azo groups is 1. The van der Waals surface area contributed by atoms with Crippen LogP contribution >= 0.6 is 0 Å². The van der Waals surface area contributed by atoms with Gasteiger partial charge in [0.15, 0.2) is 5.78 Å². The number of rotatable bonds is 4. The summed E-state index contributed by atoms with van der Waals surface area (Å²) in [6, 6.07) is 4.86. The molecular weight excluding hydrogens is 486 g/mol. The van der Waals surface area contributed by atoms with E-state index in [2.05, 4.69) is 21.0 Å². The molecule has 1 unspecified atom stereocenters. The molecule has 5 aliphatic rings. The number of nitrogens with zero attached hydrogens (tertiary/aromatic N) is 4. The van der Waals surface area contributed by atoms with Crippen LogP contribution in [-0.2, 0) is 9.53 Å². The van der Waals surface area contributed by atoms with Crippen LogP contribution in [0.25, 0.3) is 0 Å². The number of Topliss-reactive ketones (excluding diaryl/α,β-unsaturated/α-hetero) is 1. The first kappa shape index (κ1) is 25.1. The number of urea groups is 1. The van der Waals surface area contributed by atoms with Crippen LogP contribution in [0.1, 0.15) is 60.5 Å². The number of hydrogen-bond donors (Lipinski definition) is 3. The zero-order valence-electron chi connectivity index (χ0n) is 21.5. The second-order valence-corrected chi connectivity index (χ2v) is 10.9. The third-order valence-electron chi connectivity index (χ3n) is 8.53. The molecule has 202 valence electrons. The first-order valence-corrected chi connectivity index (χ1v) is 13.8. The number of carbonyl (C=O) groups is 3. The Morgan fingerprint density at radius 3 is 2.47 bits per heavy atom. The first-order chi connectivity index (χ1) is 18.5. The molecule has 3 aliphatic heterocycles. The van der Waals surface area contributed by atoms with Gasteiger partial charge in [0.1, 0.15) is 6.04 Å². The summed E-state index contributed by atoms with van der Waals surface area (Å²) < 4.78 is 5.32. The van der Waals surface area contributed by atoms with E-state index in [1.807, 2.05) is 17.0 Å². The molecular formula is C27H35N7O4. The molecule has 11 heteroatoms. The van der Waals surface area contributed by atoms with Gasteiger partial charge >= 0.3 is 6.03 Å². The van der Waals surface area contributed by atoms with E-state index >= 15 is 0 Å². The Hall–Kier alpha value is -3.15. The van der Waals surface area contributed by atoms with Gasteiger partial charge in [-0.05, 0) is 50.2 Å². The smallest absolute Gasteiger partial charge is 0.333 e. The van der Waals surface area contributed by atoms with Crippen LogP contribution in [0, 0.1) is 11.8 Å². The van der Waals surface area contributed by atoms with Gasteiger partial charge in [0.2, 0.25) is 5.91 Å². The molecule has 2 aliphatic carbocycles. The maximum absolute atomic E-state index is 13.7. The van der Waals surface area contributed by atoms with Gasteiger partial charge in [-0.3, -0.25) is 15.0 Å². The van der Waals surface area contributed by atoms with Crippen LogP contribution in [-0.4, -0.2) is 73.1 Å². The number of nitrogens with one attached hydrogen (secondary N) is 2. The number of hydrazine groups is 1. The molecule has 2 saturated heterocycles. The standard InChI is InChI=1S/C27H35N7O4/c28-18-6-4-17(5-7-18)26(36)33-10-8-16(9-11-33)23-22-24(31-30-23)19-2-1-3-20(21(19)25(22)35)29-27(37)32-34-12-14-38-15-13-34/h1-3,16-18,24H,4-15,28H2,(H2,29,32,37). The Morgan fingerprint density at radius 2 is 1.74 bits per heavy atom. The fraction of sp³-hybridized carbons (Fsp3) is 0.593. The van der Waals surface area contributed by atoms with Crippen molar-refractivity contribution in [3.8, 4) is 0 Å². The molecule has 1 saturated carbocycles. The van der Waals surface area contributed by atoms with E-state index in [0.717, 1.165) is 49.8 Å². The zero-order valence-corrected chi connectivity index (χ0v) is 21.5. The lowest BCUT2D eigenvalue weighted by Gasteiger charge is -2.35. The minimum absolute atomic E-state index is 0.0844. The van der Waals surface area contributed by atoms with Crippen molar-refractivity contribution in [3.63, 3.8) is 0 Å². The molecule has 38 heavy (non-hydrogen) atoms. The van der Waals surface area contributed by atoms with Crippen LogP contribution < -0.4 is 16.5 Å². The Bertz CT molecular complexity index is 1180.